The largest absolute Gasteiger partial charge is 0.341 e. The maximum absolute atomic E-state index is 6.26. The number of aryl methyl sites for hydroxylation is 1. The van der Waals surface area contributed by atoms with Crippen LogP contribution in [-0.2, 0) is 6.42 Å². The summed E-state index contributed by atoms with van der Waals surface area (Å²) in [6.07, 6.45) is 3.42. The second kappa shape index (κ2) is 5.27. The first-order chi connectivity index (χ1) is 9.58. The maximum atomic E-state index is 6.26. The van der Waals surface area contributed by atoms with Gasteiger partial charge in [-0.1, -0.05) is 23.7 Å². The lowest BCUT2D eigenvalue weighted by Gasteiger charge is -2.25. The number of rotatable bonds is 2. The fraction of sp³-hybridized carbons (Fsp3) is 0.412. The number of hydrogen-bond donors (Lipinski definition) is 1. The molecule has 0 radical (unpaired) electrons. The van der Waals surface area contributed by atoms with E-state index in [1.165, 1.54) is 28.9 Å². The quantitative estimate of drug-likeness (QED) is 0.873. The lowest BCUT2D eigenvalue weighted by atomic mass is 9.93. The van der Waals surface area contributed by atoms with Crippen molar-refractivity contribution < 1.29 is 0 Å². The van der Waals surface area contributed by atoms with Crippen molar-refractivity contribution in [2.45, 2.75) is 45.2 Å². The molecule has 1 aliphatic carbocycles. The van der Waals surface area contributed by atoms with E-state index in [-0.39, 0.29) is 6.04 Å². The summed E-state index contributed by atoms with van der Waals surface area (Å²) in [6, 6.07) is 10.9. The van der Waals surface area contributed by atoms with Gasteiger partial charge >= 0.3 is 0 Å². The van der Waals surface area contributed by atoms with E-state index in [0.29, 0.717) is 6.04 Å². The van der Waals surface area contributed by atoms with Gasteiger partial charge in [0.15, 0.2) is 0 Å². The third-order valence-electron chi connectivity index (χ3n) is 4.44. The Labute approximate surface area is 125 Å². The second-order valence-corrected chi connectivity index (χ2v) is 6.22. The molecule has 0 spiro atoms. The van der Waals surface area contributed by atoms with Gasteiger partial charge in [0.1, 0.15) is 0 Å². The van der Waals surface area contributed by atoms with Gasteiger partial charge in [0, 0.05) is 22.5 Å². The van der Waals surface area contributed by atoms with Gasteiger partial charge in [-0.05, 0) is 62.4 Å². The Morgan fingerprint density at radius 1 is 1.30 bits per heavy atom. The topological polar surface area (TPSA) is 30.9 Å². The molecule has 2 aromatic rings. The van der Waals surface area contributed by atoms with Gasteiger partial charge in [0.05, 0.1) is 6.04 Å². The molecule has 1 aliphatic rings. The molecule has 2 atom stereocenters. The average Bonchev–Trinajstić information content (AvgIpc) is 2.77. The van der Waals surface area contributed by atoms with Crippen LogP contribution < -0.4 is 5.73 Å². The van der Waals surface area contributed by atoms with Crippen LogP contribution in [0.1, 0.15) is 54.4 Å². The Morgan fingerprint density at radius 3 is 2.70 bits per heavy atom. The highest BCUT2D eigenvalue weighted by Gasteiger charge is 2.24. The molecule has 0 aliphatic heterocycles. The van der Waals surface area contributed by atoms with Crippen molar-refractivity contribution in [2.75, 3.05) is 0 Å². The van der Waals surface area contributed by atoms with E-state index >= 15 is 0 Å². The highest BCUT2D eigenvalue weighted by atomic mass is 35.5. The normalized spacial score (nSPS) is 19.7. The summed E-state index contributed by atoms with van der Waals surface area (Å²) in [5.74, 6) is 0. The number of hydrogen-bond acceptors (Lipinski definition) is 1. The van der Waals surface area contributed by atoms with Gasteiger partial charge in [-0.3, -0.25) is 0 Å². The Kier molecular flexibility index (Phi) is 3.61. The summed E-state index contributed by atoms with van der Waals surface area (Å²) in [6.45, 7) is 4.42. The zero-order chi connectivity index (χ0) is 14.3. The van der Waals surface area contributed by atoms with Crippen molar-refractivity contribution in [3.63, 3.8) is 0 Å². The molecule has 106 valence electrons. The van der Waals surface area contributed by atoms with Crippen LogP contribution in [0.15, 0.2) is 30.3 Å². The molecule has 20 heavy (non-hydrogen) atoms. The number of nitrogens with zero attached hydrogens (tertiary/aromatic N) is 1. The standard InChI is InChI=1S/C17H21ClN2/c1-11-10-15-16(19)4-3-5-17(15)20(11)12(2)13-6-8-14(18)9-7-13/h6-10,12,16H,3-5,19H2,1-2H3. The molecule has 0 saturated heterocycles. The molecule has 0 bridgehead atoms. The molecule has 3 heteroatoms. The third kappa shape index (κ3) is 2.27. The van der Waals surface area contributed by atoms with Crippen molar-refractivity contribution >= 4 is 11.6 Å². The van der Waals surface area contributed by atoms with E-state index in [9.17, 15) is 0 Å². The molecule has 2 unspecified atom stereocenters. The maximum Gasteiger partial charge on any atom is 0.0557 e. The number of benzene rings is 1. The lowest BCUT2D eigenvalue weighted by Crippen LogP contribution is -2.20. The van der Waals surface area contributed by atoms with E-state index in [0.717, 1.165) is 17.9 Å². The van der Waals surface area contributed by atoms with Crippen LogP contribution in [-0.4, -0.2) is 4.57 Å². The van der Waals surface area contributed by atoms with Gasteiger partial charge in [-0.2, -0.15) is 0 Å². The van der Waals surface area contributed by atoms with Gasteiger partial charge in [0.2, 0.25) is 0 Å². The number of fused-ring (bicyclic) bond motifs is 1. The minimum absolute atomic E-state index is 0.205. The van der Waals surface area contributed by atoms with Gasteiger partial charge in [0.25, 0.3) is 0 Å². The Bertz CT molecular complexity index is 613. The van der Waals surface area contributed by atoms with Gasteiger partial charge in [-0.25, -0.2) is 0 Å². The zero-order valence-corrected chi connectivity index (χ0v) is 12.8. The molecule has 2 N–H and O–H groups in total. The van der Waals surface area contributed by atoms with Crippen LogP contribution in [0.5, 0.6) is 0 Å². The Balaban J connectivity index is 2.03. The molecule has 0 amide bonds. The molecule has 1 aromatic heterocycles. The van der Waals surface area contributed by atoms with Crippen molar-refractivity contribution in [3.05, 3.63) is 57.9 Å². The number of aromatic nitrogens is 1. The highest BCUT2D eigenvalue weighted by Crippen LogP contribution is 2.34. The van der Waals surface area contributed by atoms with E-state index < -0.39 is 0 Å². The SMILES string of the molecule is Cc1cc2c(n1C(C)c1ccc(Cl)cc1)CCCC2N. The van der Waals surface area contributed by atoms with Crippen molar-refractivity contribution in [1.82, 2.24) is 4.57 Å². The number of halogens is 1. The molecule has 1 heterocycles. The molecular weight excluding hydrogens is 268 g/mol. The van der Waals surface area contributed by atoms with E-state index in [4.69, 9.17) is 17.3 Å². The van der Waals surface area contributed by atoms with Crippen LogP contribution in [0.25, 0.3) is 0 Å². The van der Waals surface area contributed by atoms with Crippen LogP contribution in [0, 0.1) is 6.92 Å². The molecular formula is C17H21ClN2. The van der Waals surface area contributed by atoms with Crippen LogP contribution in [0.3, 0.4) is 0 Å². The summed E-state index contributed by atoms with van der Waals surface area (Å²) in [5, 5.41) is 0.786. The smallest absolute Gasteiger partial charge is 0.0557 e. The van der Waals surface area contributed by atoms with Crippen LogP contribution in [0.4, 0.5) is 0 Å². The predicted octanol–water partition coefficient (Wildman–Crippen LogP) is 4.40. The third-order valence-corrected chi connectivity index (χ3v) is 4.69. The fourth-order valence-corrected chi connectivity index (χ4v) is 3.52. The first kappa shape index (κ1) is 13.7. The second-order valence-electron chi connectivity index (χ2n) is 5.78. The summed E-state index contributed by atoms with van der Waals surface area (Å²) in [4.78, 5) is 0. The minimum Gasteiger partial charge on any atom is -0.341 e. The fourth-order valence-electron chi connectivity index (χ4n) is 3.39. The Hall–Kier alpha value is -1.25. The predicted molar refractivity (Wildman–Crippen MR) is 84.3 cm³/mol. The minimum atomic E-state index is 0.205. The van der Waals surface area contributed by atoms with Crippen molar-refractivity contribution in [1.29, 1.82) is 0 Å². The van der Waals surface area contributed by atoms with Crippen molar-refractivity contribution in [2.24, 2.45) is 5.73 Å². The van der Waals surface area contributed by atoms with E-state index in [1.54, 1.807) is 0 Å². The summed E-state index contributed by atoms with van der Waals surface area (Å²) < 4.78 is 2.44. The molecule has 0 saturated carbocycles. The van der Waals surface area contributed by atoms with Crippen molar-refractivity contribution in [3.8, 4) is 0 Å². The zero-order valence-electron chi connectivity index (χ0n) is 12.1. The molecule has 3 rings (SSSR count). The highest BCUT2D eigenvalue weighted by molar-refractivity contribution is 6.30. The van der Waals surface area contributed by atoms with Gasteiger partial charge < -0.3 is 10.3 Å². The van der Waals surface area contributed by atoms with Gasteiger partial charge in [-0.15, -0.1) is 0 Å². The lowest BCUT2D eigenvalue weighted by molar-refractivity contribution is 0.521. The summed E-state index contributed by atoms with van der Waals surface area (Å²) >= 11 is 5.98. The molecule has 0 fully saturated rings. The first-order valence-corrected chi connectivity index (χ1v) is 7.67. The van der Waals surface area contributed by atoms with Crippen LogP contribution in [0.2, 0.25) is 5.02 Å². The first-order valence-electron chi connectivity index (χ1n) is 7.29. The average molecular weight is 289 g/mol. The number of nitrogens with two attached hydrogens (primary N) is 1. The van der Waals surface area contributed by atoms with Crippen LogP contribution >= 0.6 is 11.6 Å². The Morgan fingerprint density at radius 2 is 2.00 bits per heavy atom. The van der Waals surface area contributed by atoms with E-state index in [2.05, 4.69) is 36.6 Å². The van der Waals surface area contributed by atoms with E-state index in [1.807, 2.05) is 12.1 Å². The summed E-state index contributed by atoms with van der Waals surface area (Å²) in [5.41, 5.74) is 11.6. The molecule has 2 nitrogen and oxygen atoms in total. The summed E-state index contributed by atoms with van der Waals surface area (Å²) in [7, 11) is 0. The monoisotopic (exact) mass is 288 g/mol. The molecule has 1 aromatic carbocycles.